The third-order valence-corrected chi connectivity index (χ3v) is 3.75. The number of rotatable bonds is 2. The van der Waals surface area contributed by atoms with Crippen LogP contribution in [0.5, 0.6) is 11.5 Å². The Balaban J connectivity index is 2.04. The number of alkyl halides is 3. The van der Waals surface area contributed by atoms with E-state index >= 15 is 0 Å². The lowest BCUT2D eigenvalue weighted by Crippen LogP contribution is -2.13. The van der Waals surface area contributed by atoms with Gasteiger partial charge >= 0.3 is 6.18 Å². The summed E-state index contributed by atoms with van der Waals surface area (Å²) in [5.74, 6) is 0.862. The third kappa shape index (κ3) is 2.78. The third-order valence-electron chi connectivity index (χ3n) is 3.07. The zero-order valence-electron chi connectivity index (χ0n) is 10.7. The molecule has 4 nitrogen and oxygen atoms in total. The Kier molecular flexibility index (Phi) is 3.78. The van der Waals surface area contributed by atoms with E-state index in [-0.39, 0.29) is 29.0 Å². The van der Waals surface area contributed by atoms with Crippen molar-refractivity contribution in [2.75, 3.05) is 6.79 Å². The van der Waals surface area contributed by atoms with E-state index in [4.69, 9.17) is 32.7 Å². The van der Waals surface area contributed by atoms with Crippen molar-refractivity contribution in [1.29, 1.82) is 0 Å². The Morgan fingerprint density at radius 2 is 1.77 bits per heavy atom. The van der Waals surface area contributed by atoms with E-state index in [1.165, 1.54) is 12.1 Å². The molecule has 2 aromatic rings. The number of hydrogen-bond donors (Lipinski definition) is 0. The molecule has 1 aliphatic heterocycles. The van der Waals surface area contributed by atoms with Gasteiger partial charge in [-0.15, -0.1) is 0 Å². The fourth-order valence-corrected chi connectivity index (χ4v) is 2.50. The number of halogens is 5. The van der Waals surface area contributed by atoms with Gasteiger partial charge in [0.25, 0.3) is 0 Å². The van der Waals surface area contributed by atoms with Crippen molar-refractivity contribution in [2.45, 2.75) is 12.6 Å². The molecule has 22 heavy (non-hydrogen) atoms. The topological polar surface area (TPSA) is 44.2 Å². The van der Waals surface area contributed by atoms with Gasteiger partial charge in [-0.1, -0.05) is 23.2 Å². The molecule has 0 saturated carbocycles. The van der Waals surface area contributed by atoms with Crippen molar-refractivity contribution < 1.29 is 22.6 Å². The Morgan fingerprint density at radius 1 is 1.09 bits per heavy atom. The second-order valence-corrected chi connectivity index (χ2v) is 5.23. The summed E-state index contributed by atoms with van der Waals surface area (Å²) in [6.07, 6.45) is -4.04. The van der Waals surface area contributed by atoms with E-state index in [0.29, 0.717) is 17.1 Å². The lowest BCUT2D eigenvalue weighted by molar-refractivity contribution is -0.141. The van der Waals surface area contributed by atoms with Crippen LogP contribution in [0.1, 0.15) is 16.8 Å². The van der Waals surface area contributed by atoms with E-state index in [9.17, 15) is 13.2 Å². The van der Waals surface area contributed by atoms with Crippen molar-refractivity contribution in [3.05, 3.63) is 45.5 Å². The summed E-state index contributed by atoms with van der Waals surface area (Å²) in [7, 11) is 0. The van der Waals surface area contributed by atoms with Crippen LogP contribution in [0.15, 0.2) is 18.5 Å². The maximum atomic E-state index is 13.0. The summed E-state index contributed by atoms with van der Waals surface area (Å²) in [5, 5.41) is -0.0200. The highest BCUT2D eigenvalue weighted by Gasteiger charge is 2.36. The van der Waals surface area contributed by atoms with E-state index in [1.807, 2.05) is 0 Å². The van der Waals surface area contributed by atoms with E-state index in [0.717, 1.165) is 6.33 Å². The first-order valence-corrected chi connectivity index (χ1v) is 6.76. The number of aromatic nitrogens is 2. The lowest BCUT2D eigenvalue weighted by atomic mass is 10.0. The summed E-state index contributed by atoms with van der Waals surface area (Å²) in [6, 6.07) is 3.01. The van der Waals surface area contributed by atoms with Gasteiger partial charge in [0, 0.05) is 23.1 Å². The molecule has 1 aromatic heterocycles. The molecule has 0 aliphatic carbocycles. The Morgan fingerprint density at radius 3 is 2.45 bits per heavy atom. The van der Waals surface area contributed by atoms with Crippen LogP contribution in [0.4, 0.5) is 13.2 Å². The van der Waals surface area contributed by atoms with Crippen molar-refractivity contribution in [1.82, 2.24) is 9.97 Å². The van der Waals surface area contributed by atoms with E-state index < -0.39 is 11.9 Å². The summed E-state index contributed by atoms with van der Waals surface area (Å²) >= 11 is 11.9. The molecule has 0 fully saturated rings. The van der Waals surface area contributed by atoms with E-state index in [2.05, 4.69) is 9.97 Å². The van der Waals surface area contributed by atoms with Crippen LogP contribution in [-0.2, 0) is 12.6 Å². The number of hydrogen-bond acceptors (Lipinski definition) is 4. The van der Waals surface area contributed by atoms with Gasteiger partial charge in [-0.2, -0.15) is 13.2 Å². The molecule has 9 heteroatoms. The Labute approximate surface area is 132 Å². The van der Waals surface area contributed by atoms with Gasteiger partial charge in [0.15, 0.2) is 17.2 Å². The van der Waals surface area contributed by atoms with Crippen LogP contribution < -0.4 is 9.47 Å². The predicted octanol–water partition coefficient (Wildman–Crippen LogP) is 4.12. The normalized spacial score (nSPS) is 13.5. The lowest BCUT2D eigenvalue weighted by Gasteiger charge is -2.13. The molecule has 0 N–H and O–H groups in total. The fraction of sp³-hybridized carbons (Fsp3) is 0.231. The second-order valence-electron chi connectivity index (χ2n) is 4.46. The molecule has 0 amide bonds. The van der Waals surface area contributed by atoms with Crippen molar-refractivity contribution in [3.8, 4) is 11.5 Å². The quantitative estimate of drug-likeness (QED) is 0.764. The van der Waals surface area contributed by atoms with Crippen molar-refractivity contribution in [3.63, 3.8) is 0 Å². The molecule has 0 atom stereocenters. The molecular weight excluding hydrogens is 344 g/mol. The fourth-order valence-electron chi connectivity index (χ4n) is 2.08. The van der Waals surface area contributed by atoms with Crippen molar-refractivity contribution >= 4 is 23.2 Å². The molecule has 1 aromatic carbocycles. The largest absolute Gasteiger partial charge is 0.454 e. The molecule has 116 valence electrons. The van der Waals surface area contributed by atoms with Gasteiger partial charge in [-0.05, 0) is 11.6 Å². The van der Waals surface area contributed by atoms with Crippen LogP contribution in [0.25, 0.3) is 0 Å². The zero-order chi connectivity index (χ0) is 15.9. The van der Waals surface area contributed by atoms with E-state index in [1.54, 1.807) is 0 Å². The van der Waals surface area contributed by atoms with Gasteiger partial charge in [-0.3, -0.25) is 0 Å². The first kappa shape index (κ1) is 15.2. The molecule has 2 heterocycles. The van der Waals surface area contributed by atoms with Gasteiger partial charge < -0.3 is 9.47 Å². The van der Waals surface area contributed by atoms with Crippen LogP contribution in [0, 0.1) is 0 Å². The highest BCUT2D eigenvalue weighted by molar-refractivity contribution is 6.32. The predicted molar refractivity (Wildman–Crippen MR) is 72.4 cm³/mol. The minimum Gasteiger partial charge on any atom is -0.454 e. The number of ether oxygens (including phenoxy) is 2. The smallest absolute Gasteiger partial charge is 0.433 e. The molecule has 0 radical (unpaired) electrons. The summed E-state index contributed by atoms with van der Waals surface area (Å²) in [5.41, 5.74) is -0.910. The van der Waals surface area contributed by atoms with Crippen LogP contribution in [0.3, 0.4) is 0 Å². The van der Waals surface area contributed by atoms with Crippen LogP contribution in [0.2, 0.25) is 10.2 Å². The summed E-state index contributed by atoms with van der Waals surface area (Å²) in [4.78, 5) is 6.90. The second kappa shape index (κ2) is 5.48. The highest BCUT2D eigenvalue weighted by Crippen LogP contribution is 2.39. The number of nitrogens with zero attached hydrogens (tertiary/aromatic N) is 2. The molecular formula is C13H7Cl2F3N2O2. The first-order chi connectivity index (χ1) is 10.4. The van der Waals surface area contributed by atoms with Gasteiger partial charge in [0.05, 0.1) is 0 Å². The monoisotopic (exact) mass is 350 g/mol. The van der Waals surface area contributed by atoms with Gasteiger partial charge in [0.2, 0.25) is 6.79 Å². The van der Waals surface area contributed by atoms with Crippen molar-refractivity contribution in [2.24, 2.45) is 0 Å². The standard InChI is InChI=1S/C13H7Cl2F3N2O2/c14-8-3-10-9(21-5-22-10)2-6(8)1-7-11(13(16,17)18)19-4-20-12(7)15/h2-4H,1,5H2. The SMILES string of the molecule is FC(F)(F)c1ncnc(Cl)c1Cc1cc2c(cc1Cl)OCO2. The molecule has 0 bridgehead atoms. The van der Waals surface area contributed by atoms with Gasteiger partial charge in [-0.25, -0.2) is 9.97 Å². The highest BCUT2D eigenvalue weighted by atomic mass is 35.5. The van der Waals surface area contributed by atoms with Gasteiger partial charge in [0.1, 0.15) is 11.5 Å². The average Bonchev–Trinajstić information content (AvgIpc) is 2.87. The minimum absolute atomic E-state index is 0.0398. The maximum absolute atomic E-state index is 13.0. The number of benzene rings is 1. The zero-order valence-corrected chi connectivity index (χ0v) is 12.3. The Hall–Kier alpha value is -1.73. The first-order valence-electron chi connectivity index (χ1n) is 6.01. The summed E-state index contributed by atoms with van der Waals surface area (Å²) < 4.78 is 49.4. The van der Waals surface area contributed by atoms with Crippen LogP contribution >= 0.6 is 23.2 Å². The molecule has 0 unspecified atom stereocenters. The van der Waals surface area contributed by atoms with Crippen LogP contribution in [-0.4, -0.2) is 16.8 Å². The molecule has 1 aliphatic rings. The number of fused-ring (bicyclic) bond motifs is 1. The average molecular weight is 351 g/mol. The molecule has 0 spiro atoms. The Bertz CT molecular complexity index is 738. The molecule has 3 rings (SSSR count). The maximum Gasteiger partial charge on any atom is 0.433 e. The molecule has 0 saturated heterocycles. The summed E-state index contributed by atoms with van der Waals surface area (Å²) in [6.45, 7) is 0.0398. The minimum atomic E-state index is -4.63.